The van der Waals surface area contributed by atoms with Crippen LogP contribution >= 0.6 is 0 Å². The highest BCUT2D eigenvalue weighted by molar-refractivity contribution is 5.75. The maximum atomic E-state index is 11.4. The Morgan fingerprint density at radius 3 is 2.68 bits per heavy atom. The molecule has 0 atom stereocenters. The van der Waals surface area contributed by atoms with Crippen molar-refractivity contribution >= 4 is 5.91 Å². The zero-order valence-corrected chi connectivity index (χ0v) is 11.7. The minimum atomic E-state index is 0.0990. The summed E-state index contributed by atoms with van der Waals surface area (Å²) in [5.74, 6) is 0.0990. The quantitative estimate of drug-likeness (QED) is 0.627. The molecule has 1 rings (SSSR count). The SMILES string of the molecule is CNCCNC(=O)CCCOCCc1ccccc1. The number of likely N-dealkylation sites (N-methyl/N-ethyl adjacent to an activating group) is 1. The van der Waals surface area contributed by atoms with Crippen molar-refractivity contribution in [1.29, 1.82) is 0 Å². The van der Waals surface area contributed by atoms with Crippen molar-refractivity contribution in [2.24, 2.45) is 0 Å². The molecule has 2 N–H and O–H groups in total. The smallest absolute Gasteiger partial charge is 0.220 e. The van der Waals surface area contributed by atoms with Crippen LogP contribution in [0.2, 0.25) is 0 Å². The second-order valence-electron chi connectivity index (χ2n) is 4.41. The van der Waals surface area contributed by atoms with Gasteiger partial charge in [0.05, 0.1) is 6.61 Å². The van der Waals surface area contributed by atoms with Gasteiger partial charge in [0, 0.05) is 26.1 Å². The molecule has 0 saturated heterocycles. The fourth-order valence-corrected chi connectivity index (χ4v) is 1.69. The van der Waals surface area contributed by atoms with Crippen molar-refractivity contribution < 1.29 is 9.53 Å². The summed E-state index contributed by atoms with van der Waals surface area (Å²) in [5.41, 5.74) is 1.28. The van der Waals surface area contributed by atoms with E-state index in [-0.39, 0.29) is 5.91 Å². The molecule has 0 radical (unpaired) electrons. The van der Waals surface area contributed by atoms with Gasteiger partial charge in [-0.15, -0.1) is 0 Å². The summed E-state index contributed by atoms with van der Waals surface area (Å²) in [5, 5.41) is 5.83. The first-order chi connectivity index (χ1) is 9.33. The van der Waals surface area contributed by atoms with Gasteiger partial charge in [-0.25, -0.2) is 0 Å². The van der Waals surface area contributed by atoms with E-state index < -0.39 is 0 Å². The van der Waals surface area contributed by atoms with Crippen LogP contribution in [0, 0.1) is 0 Å². The average molecular weight is 264 g/mol. The van der Waals surface area contributed by atoms with E-state index in [1.54, 1.807) is 0 Å². The maximum absolute atomic E-state index is 11.4. The summed E-state index contributed by atoms with van der Waals surface area (Å²) in [7, 11) is 1.87. The first-order valence-corrected chi connectivity index (χ1v) is 6.86. The molecule has 0 aliphatic heterocycles. The number of carbonyl (C=O) groups is 1. The molecule has 0 fully saturated rings. The number of carbonyl (C=O) groups excluding carboxylic acids is 1. The van der Waals surface area contributed by atoms with E-state index in [4.69, 9.17) is 4.74 Å². The number of hydrogen-bond acceptors (Lipinski definition) is 3. The Morgan fingerprint density at radius 2 is 1.95 bits per heavy atom. The minimum Gasteiger partial charge on any atom is -0.381 e. The van der Waals surface area contributed by atoms with Gasteiger partial charge in [-0.05, 0) is 25.5 Å². The van der Waals surface area contributed by atoms with Crippen LogP contribution in [0.4, 0.5) is 0 Å². The Kier molecular flexibility index (Phi) is 8.68. The predicted molar refractivity (Wildman–Crippen MR) is 77.1 cm³/mol. The van der Waals surface area contributed by atoms with E-state index in [9.17, 15) is 4.79 Å². The van der Waals surface area contributed by atoms with Crippen molar-refractivity contribution in [3.63, 3.8) is 0 Å². The van der Waals surface area contributed by atoms with Gasteiger partial charge in [-0.3, -0.25) is 4.79 Å². The highest BCUT2D eigenvalue weighted by Crippen LogP contribution is 2.00. The summed E-state index contributed by atoms with van der Waals surface area (Å²) in [6.07, 6.45) is 2.24. The molecule has 0 aliphatic carbocycles. The third-order valence-electron chi connectivity index (χ3n) is 2.77. The highest BCUT2D eigenvalue weighted by Gasteiger charge is 1.99. The fourth-order valence-electron chi connectivity index (χ4n) is 1.69. The van der Waals surface area contributed by atoms with Gasteiger partial charge in [-0.2, -0.15) is 0 Å². The second kappa shape index (κ2) is 10.5. The molecule has 106 valence electrons. The van der Waals surface area contributed by atoms with Crippen LogP contribution in [0.5, 0.6) is 0 Å². The molecular weight excluding hydrogens is 240 g/mol. The van der Waals surface area contributed by atoms with Gasteiger partial charge in [0.1, 0.15) is 0 Å². The molecule has 4 nitrogen and oxygen atoms in total. The molecule has 0 bridgehead atoms. The standard InChI is InChI=1S/C15H24N2O2/c1-16-10-11-17-15(18)8-5-12-19-13-9-14-6-3-2-4-7-14/h2-4,6-7,16H,5,8-13H2,1H3,(H,17,18). The van der Waals surface area contributed by atoms with Gasteiger partial charge < -0.3 is 15.4 Å². The van der Waals surface area contributed by atoms with Gasteiger partial charge in [0.15, 0.2) is 0 Å². The number of nitrogens with one attached hydrogen (secondary N) is 2. The zero-order chi connectivity index (χ0) is 13.8. The predicted octanol–water partition coefficient (Wildman–Crippen LogP) is 1.36. The maximum Gasteiger partial charge on any atom is 0.220 e. The third-order valence-corrected chi connectivity index (χ3v) is 2.77. The molecule has 1 aromatic carbocycles. The average Bonchev–Trinajstić information content (AvgIpc) is 2.44. The van der Waals surface area contributed by atoms with Crippen molar-refractivity contribution in [1.82, 2.24) is 10.6 Å². The molecule has 4 heteroatoms. The molecule has 19 heavy (non-hydrogen) atoms. The summed E-state index contributed by atoms with van der Waals surface area (Å²) in [6, 6.07) is 10.3. The molecule has 0 spiro atoms. The van der Waals surface area contributed by atoms with Crippen LogP contribution in [0.1, 0.15) is 18.4 Å². The third kappa shape index (κ3) is 8.35. The molecular formula is C15H24N2O2. The van der Waals surface area contributed by atoms with Crippen molar-refractivity contribution in [3.05, 3.63) is 35.9 Å². The van der Waals surface area contributed by atoms with E-state index in [2.05, 4.69) is 22.8 Å². The molecule has 0 heterocycles. The van der Waals surface area contributed by atoms with E-state index in [0.717, 1.165) is 19.4 Å². The van der Waals surface area contributed by atoms with Crippen LogP contribution in [-0.4, -0.2) is 39.3 Å². The first-order valence-electron chi connectivity index (χ1n) is 6.86. The summed E-state index contributed by atoms with van der Waals surface area (Å²) in [4.78, 5) is 11.4. The van der Waals surface area contributed by atoms with Crippen LogP contribution < -0.4 is 10.6 Å². The second-order valence-corrected chi connectivity index (χ2v) is 4.41. The van der Waals surface area contributed by atoms with Crippen molar-refractivity contribution in [3.8, 4) is 0 Å². The Labute approximate surface area is 115 Å². The number of ether oxygens (including phenoxy) is 1. The first kappa shape index (κ1) is 15.7. The van der Waals surface area contributed by atoms with Gasteiger partial charge in [-0.1, -0.05) is 30.3 Å². The Morgan fingerprint density at radius 1 is 1.16 bits per heavy atom. The highest BCUT2D eigenvalue weighted by atomic mass is 16.5. The Bertz CT molecular complexity index is 341. The number of benzene rings is 1. The number of amides is 1. The van der Waals surface area contributed by atoms with E-state index in [1.807, 2.05) is 25.2 Å². The van der Waals surface area contributed by atoms with Gasteiger partial charge in [0.2, 0.25) is 5.91 Å². The molecule has 0 unspecified atom stereocenters. The Balaban J connectivity index is 1.92. The lowest BCUT2D eigenvalue weighted by atomic mass is 10.2. The monoisotopic (exact) mass is 264 g/mol. The lowest BCUT2D eigenvalue weighted by Crippen LogP contribution is -2.30. The lowest BCUT2D eigenvalue weighted by Gasteiger charge is -2.06. The van der Waals surface area contributed by atoms with Crippen LogP contribution in [-0.2, 0) is 16.0 Å². The Hall–Kier alpha value is -1.39. The zero-order valence-electron chi connectivity index (χ0n) is 11.7. The minimum absolute atomic E-state index is 0.0990. The lowest BCUT2D eigenvalue weighted by molar-refractivity contribution is -0.121. The van der Waals surface area contributed by atoms with Crippen LogP contribution in [0.3, 0.4) is 0 Å². The summed E-state index contributed by atoms with van der Waals surface area (Å²) < 4.78 is 5.52. The molecule has 0 aliphatic rings. The van der Waals surface area contributed by atoms with Crippen LogP contribution in [0.25, 0.3) is 0 Å². The largest absolute Gasteiger partial charge is 0.381 e. The molecule has 0 aromatic heterocycles. The topological polar surface area (TPSA) is 50.4 Å². The van der Waals surface area contributed by atoms with Crippen LogP contribution in [0.15, 0.2) is 30.3 Å². The van der Waals surface area contributed by atoms with E-state index in [1.165, 1.54) is 5.56 Å². The van der Waals surface area contributed by atoms with E-state index >= 15 is 0 Å². The van der Waals surface area contributed by atoms with Gasteiger partial charge >= 0.3 is 0 Å². The molecule has 1 amide bonds. The summed E-state index contributed by atoms with van der Waals surface area (Å²) in [6.45, 7) is 2.85. The van der Waals surface area contributed by atoms with Crippen molar-refractivity contribution in [2.45, 2.75) is 19.3 Å². The van der Waals surface area contributed by atoms with Crippen molar-refractivity contribution in [2.75, 3.05) is 33.4 Å². The summed E-state index contributed by atoms with van der Waals surface area (Å²) >= 11 is 0. The molecule has 1 aromatic rings. The fraction of sp³-hybridized carbons (Fsp3) is 0.533. The molecule has 0 saturated carbocycles. The van der Waals surface area contributed by atoms with Gasteiger partial charge in [0.25, 0.3) is 0 Å². The normalized spacial score (nSPS) is 10.4. The number of hydrogen-bond donors (Lipinski definition) is 2. The number of rotatable bonds is 10. The van der Waals surface area contributed by atoms with E-state index in [0.29, 0.717) is 26.2 Å².